The van der Waals surface area contributed by atoms with Crippen molar-refractivity contribution in [2.75, 3.05) is 0 Å². The topological polar surface area (TPSA) is 55.4 Å². The highest BCUT2D eigenvalue weighted by Crippen LogP contribution is 2.27. The number of sulfonamides is 1. The predicted molar refractivity (Wildman–Crippen MR) is 112 cm³/mol. The molecule has 3 aromatic carbocycles. The molecule has 0 heterocycles. The number of benzene rings is 3. The molecular formula is C23H20F5NO3S. The van der Waals surface area contributed by atoms with Gasteiger partial charge in [-0.2, -0.15) is 0 Å². The van der Waals surface area contributed by atoms with Gasteiger partial charge in [0.05, 0.1) is 0 Å². The zero-order valence-corrected chi connectivity index (χ0v) is 18.4. The minimum absolute atomic E-state index is 0.0901. The summed E-state index contributed by atoms with van der Waals surface area (Å²) in [4.78, 5) is -1.91. The quantitative estimate of drug-likeness (QED) is 0.272. The number of ether oxygens (including phenoxy) is 1. The van der Waals surface area contributed by atoms with E-state index in [1.165, 1.54) is 6.92 Å². The lowest BCUT2D eigenvalue weighted by Gasteiger charge is -2.16. The minimum Gasteiger partial charge on any atom is -0.489 e. The summed E-state index contributed by atoms with van der Waals surface area (Å²) in [5, 5.41) is 0. The number of halogens is 5. The van der Waals surface area contributed by atoms with Crippen LogP contribution in [0.3, 0.4) is 0 Å². The van der Waals surface area contributed by atoms with Crippen molar-refractivity contribution in [1.82, 2.24) is 4.72 Å². The number of hydrogen-bond donors (Lipinski definition) is 1. The molecule has 3 rings (SSSR count). The molecule has 176 valence electrons. The molecule has 0 saturated carbocycles. The second-order valence-corrected chi connectivity index (χ2v) is 9.19. The van der Waals surface area contributed by atoms with Crippen molar-refractivity contribution >= 4 is 10.0 Å². The van der Waals surface area contributed by atoms with E-state index in [2.05, 4.69) is 0 Å². The van der Waals surface area contributed by atoms with E-state index in [0.717, 1.165) is 11.1 Å². The van der Waals surface area contributed by atoms with Crippen LogP contribution in [0.15, 0.2) is 53.4 Å². The second kappa shape index (κ2) is 9.88. The lowest BCUT2D eigenvalue weighted by molar-refractivity contribution is 0.306. The lowest BCUT2D eigenvalue weighted by atomic mass is 10.1. The molecule has 0 aliphatic heterocycles. The molecule has 0 saturated heterocycles. The van der Waals surface area contributed by atoms with E-state index in [4.69, 9.17) is 4.74 Å². The molecule has 0 fully saturated rings. The summed E-state index contributed by atoms with van der Waals surface area (Å²) in [5.41, 5.74) is 2.78. The van der Waals surface area contributed by atoms with Gasteiger partial charge >= 0.3 is 0 Å². The molecular weight excluding hydrogens is 465 g/mol. The largest absolute Gasteiger partial charge is 0.489 e. The van der Waals surface area contributed by atoms with Crippen LogP contribution in [0.5, 0.6) is 5.75 Å². The minimum atomic E-state index is -5.02. The zero-order valence-electron chi connectivity index (χ0n) is 17.6. The van der Waals surface area contributed by atoms with Gasteiger partial charge in [0.15, 0.2) is 28.2 Å². The number of rotatable bonds is 8. The van der Waals surface area contributed by atoms with Gasteiger partial charge in [-0.3, -0.25) is 0 Å². The van der Waals surface area contributed by atoms with Gasteiger partial charge in [-0.25, -0.2) is 35.1 Å². The van der Waals surface area contributed by atoms with Crippen molar-refractivity contribution in [3.05, 3.63) is 94.3 Å². The highest BCUT2D eigenvalue weighted by molar-refractivity contribution is 7.89. The maximum atomic E-state index is 13.9. The Morgan fingerprint density at radius 3 is 1.82 bits per heavy atom. The van der Waals surface area contributed by atoms with E-state index < -0.39 is 50.0 Å². The van der Waals surface area contributed by atoms with Crippen LogP contribution in [0.4, 0.5) is 22.0 Å². The maximum absolute atomic E-state index is 13.9. The summed E-state index contributed by atoms with van der Waals surface area (Å²) in [5.74, 6) is -11.3. The van der Waals surface area contributed by atoms with E-state index in [1.54, 1.807) is 24.3 Å². The fraction of sp³-hybridized carbons (Fsp3) is 0.217. The van der Waals surface area contributed by atoms with Gasteiger partial charge in [-0.05, 0) is 43.5 Å². The summed E-state index contributed by atoms with van der Waals surface area (Å²) in [7, 11) is -5.02. The Hall–Kier alpha value is -2.98. The van der Waals surface area contributed by atoms with Gasteiger partial charge < -0.3 is 4.74 Å². The lowest BCUT2D eigenvalue weighted by Crippen LogP contribution is -2.35. The summed E-state index contributed by atoms with van der Waals surface area (Å²) in [6, 6.07) is 13.6. The first kappa shape index (κ1) is 24.7. The molecule has 10 heteroatoms. The van der Waals surface area contributed by atoms with Crippen LogP contribution in [0.1, 0.15) is 23.6 Å². The third-order valence-corrected chi connectivity index (χ3v) is 6.39. The molecule has 0 amide bonds. The monoisotopic (exact) mass is 485 g/mol. The number of nitrogens with one attached hydrogen (secondary N) is 1. The molecule has 33 heavy (non-hydrogen) atoms. The van der Waals surface area contributed by atoms with Crippen LogP contribution < -0.4 is 9.46 Å². The van der Waals surface area contributed by atoms with Gasteiger partial charge in [-0.1, -0.05) is 42.0 Å². The van der Waals surface area contributed by atoms with Gasteiger partial charge in [0.1, 0.15) is 12.4 Å². The van der Waals surface area contributed by atoms with Crippen LogP contribution in [0, 0.1) is 36.0 Å². The van der Waals surface area contributed by atoms with Crippen molar-refractivity contribution in [1.29, 1.82) is 0 Å². The van der Waals surface area contributed by atoms with E-state index in [9.17, 15) is 30.4 Å². The van der Waals surface area contributed by atoms with Crippen molar-refractivity contribution < 1.29 is 35.1 Å². The Morgan fingerprint density at radius 1 is 0.788 bits per heavy atom. The van der Waals surface area contributed by atoms with E-state index in [1.807, 2.05) is 35.9 Å². The first-order valence-corrected chi connectivity index (χ1v) is 11.3. The molecule has 0 aromatic heterocycles. The van der Waals surface area contributed by atoms with Crippen molar-refractivity contribution in [2.24, 2.45) is 0 Å². The van der Waals surface area contributed by atoms with E-state index >= 15 is 0 Å². The third kappa shape index (κ3) is 5.69. The Bertz CT molecular complexity index is 1220. The van der Waals surface area contributed by atoms with Crippen molar-refractivity contribution in [3.8, 4) is 5.75 Å². The molecule has 0 spiro atoms. The van der Waals surface area contributed by atoms with Gasteiger partial charge in [-0.15, -0.1) is 0 Å². The SMILES string of the molecule is Cc1ccc(COc2ccc(CC(C)NS(=O)(=O)c3c(F)c(F)c(F)c(F)c3F)cc2)cc1. The van der Waals surface area contributed by atoms with Crippen molar-refractivity contribution in [3.63, 3.8) is 0 Å². The number of hydrogen-bond acceptors (Lipinski definition) is 3. The van der Waals surface area contributed by atoms with Crippen LogP contribution in [-0.4, -0.2) is 14.5 Å². The fourth-order valence-corrected chi connectivity index (χ4v) is 4.49. The van der Waals surface area contributed by atoms with E-state index in [0.29, 0.717) is 17.9 Å². The molecule has 0 radical (unpaired) electrons. The molecule has 0 aliphatic rings. The molecule has 1 unspecified atom stereocenters. The molecule has 1 atom stereocenters. The van der Waals surface area contributed by atoms with Crippen LogP contribution in [-0.2, 0) is 23.1 Å². The fourth-order valence-electron chi connectivity index (χ4n) is 3.11. The Labute approximate surface area is 188 Å². The predicted octanol–water partition coefficient (Wildman–Crippen LogP) is 5.18. The average molecular weight is 485 g/mol. The molecule has 1 N–H and O–H groups in total. The molecule has 4 nitrogen and oxygen atoms in total. The van der Waals surface area contributed by atoms with Crippen LogP contribution in [0.25, 0.3) is 0 Å². The average Bonchev–Trinajstić information content (AvgIpc) is 2.76. The maximum Gasteiger partial charge on any atom is 0.246 e. The molecule has 3 aromatic rings. The van der Waals surface area contributed by atoms with Crippen molar-refractivity contribution in [2.45, 2.75) is 37.8 Å². The van der Waals surface area contributed by atoms with Crippen LogP contribution >= 0.6 is 0 Å². The summed E-state index contributed by atoms with van der Waals surface area (Å²) in [6.07, 6.45) is 0.0901. The Morgan fingerprint density at radius 2 is 1.27 bits per heavy atom. The van der Waals surface area contributed by atoms with E-state index in [-0.39, 0.29) is 6.42 Å². The first-order valence-electron chi connectivity index (χ1n) is 9.80. The normalized spacial score (nSPS) is 12.6. The highest BCUT2D eigenvalue weighted by atomic mass is 32.2. The Kier molecular flexibility index (Phi) is 7.38. The molecule has 0 aliphatic carbocycles. The zero-order chi connectivity index (χ0) is 24.3. The number of aryl methyl sites for hydroxylation is 1. The second-order valence-electron chi connectivity index (χ2n) is 7.54. The molecule has 0 bridgehead atoms. The van der Waals surface area contributed by atoms with Crippen LogP contribution in [0.2, 0.25) is 0 Å². The van der Waals surface area contributed by atoms with Gasteiger partial charge in [0.25, 0.3) is 0 Å². The summed E-state index contributed by atoms with van der Waals surface area (Å²) in [6.45, 7) is 3.73. The summed E-state index contributed by atoms with van der Waals surface area (Å²) >= 11 is 0. The first-order chi connectivity index (χ1) is 15.5. The third-order valence-electron chi connectivity index (χ3n) is 4.79. The van der Waals surface area contributed by atoms with Gasteiger partial charge in [0, 0.05) is 6.04 Å². The summed E-state index contributed by atoms with van der Waals surface area (Å²) < 4.78 is 100.0. The smallest absolute Gasteiger partial charge is 0.246 e. The Balaban J connectivity index is 1.66. The standard InChI is InChI=1S/C23H20F5NO3S/c1-13-3-5-16(6-4-13)12-32-17-9-7-15(8-10-17)11-14(2)29-33(30,31)23-21(27)19(25)18(24)20(26)22(23)28/h3-10,14,29H,11-12H2,1-2H3. The van der Waals surface area contributed by atoms with Gasteiger partial charge in [0.2, 0.25) is 15.8 Å². The highest BCUT2D eigenvalue weighted by Gasteiger charge is 2.34.